The molecule has 1 aliphatic rings. The van der Waals surface area contributed by atoms with Crippen molar-refractivity contribution in [2.45, 2.75) is 19.4 Å². The number of nitrogens with zero attached hydrogens (tertiary/aromatic N) is 4. The van der Waals surface area contributed by atoms with Crippen LogP contribution in [0.15, 0.2) is 46.6 Å². The van der Waals surface area contributed by atoms with Crippen molar-refractivity contribution in [3.05, 3.63) is 52.3 Å². The highest BCUT2D eigenvalue weighted by atomic mass is 32.1. The Hall–Kier alpha value is -3.27. The van der Waals surface area contributed by atoms with E-state index in [0.717, 1.165) is 22.2 Å². The molecular weight excluding hydrogens is 368 g/mol. The summed E-state index contributed by atoms with van der Waals surface area (Å²) in [5.41, 5.74) is 0.758. The third kappa shape index (κ3) is 3.95. The molecular formula is C17H16N6O3S. The van der Waals surface area contributed by atoms with Gasteiger partial charge in [-0.1, -0.05) is 0 Å². The molecule has 1 aromatic carbocycles. The molecule has 2 amide bonds. The number of amides is 2. The average Bonchev–Trinajstić information content (AvgIpc) is 3.27. The summed E-state index contributed by atoms with van der Waals surface area (Å²) in [6, 6.07) is 10.4. The highest BCUT2D eigenvalue weighted by molar-refractivity contribution is 7.12. The van der Waals surface area contributed by atoms with Gasteiger partial charge in [0, 0.05) is 17.3 Å². The van der Waals surface area contributed by atoms with Crippen LogP contribution in [0, 0.1) is 5.92 Å². The summed E-state index contributed by atoms with van der Waals surface area (Å²) in [5, 5.41) is 15.5. The van der Waals surface area contributed by atoms with Crippen LogP contribution in [0.4, 0.5) is 11.4 Å². The van der Waals surface area contributed by atoms with Gasteiger partial charge in [0.05, 0.1) is 0 Å². The summed E-state index contributed by atoms with van der Waals surface area (Å²) in [6.07, 6.45) is 1.88. The number of anilines is 2. The number of hydrogen-bond acceptors (Lipinski definition) is 6. The Kier molecular flexibility index (Phi) is 4.55. The van der Waals surface area contributed by atoms with E-state index in [0.29, 0.717) is 16.4 Å². The number of thiophene rings is 1. The minimum absolute atomic E-state index is 0.0278. The SMILES string of the molecule is O=C(Cn1nnn(-c2cccs2)c1=O)Nc1ccc(NC(=O)C2CC2)cc1. The molecule has 10 heteroatoms. The van der Waals surface area contributed by atoms with Gasteiger partial charge >= 0.3 is 5.69 Å². The normalized spacial score (nSPS) is 13.3. The van der Waals surface area contributed by atoms with E-state index >= 15 is 0 Å². The molecule has 9 nitrogen and oxygen atoms in total. The molecule has 1 aliphatic carbocycles. The van der Waals surface area contributed by atoms with E-state index in [1.807, 2.05) is 5.38 Å². The topological polar surface area (TPSA) is 111 Å². The maximum absolute atomic E-state index is 12.3. The number of aromatic nitrogens is 4. The van der Waals surface area contributed by atoms with Crippen LogP contribution in [0.5, 0.6) is 0 Å². The van der Waals surface area contributed by atoms with E-state index in [2.05, 4.69) is 21.1 Å². The molecule has 1 saturated carbocycles. The molecule has 2 heterocycles. The van der Waals surface area contributed by atoms with Gasteiger partial charge in [-0.05, 0) is 65.0 Å². The monoisotopic (exact) mass is 384 g/mol. The first kappa shape index (κ1) is 17.2. The summed E-state index contributed by atoms with van der Waals surface area (Å²) in [5.74, 6) is -0.240. The molecule has 0 atom stereocenters. The Balaban J connectivity index is 1.37. The van der Waals surface area contributed by atoms with Crippen molar-refractivity contribution in [3.8, 4) is 5.00 Å². The number of rotatable bonds is 6. The quantitative estimate of drug-likeness (QED) is 0.669. The lowest BCUT2D eigenvalue weighted by Crippen LogP contribution is -2.29. The molecule has 0 unspecified atom stereocenters. The summed E-state index contributed by atoms with van der Waals surface area (Å²) in [6.45, 7) is -0.246. The van der Waals surface area contributed by atoms with Crippen molar-refractivity contribution in [2.75, 3.05) is 10.6 Å². The van der Waals surface area contributed by atoms with Crippen LogP contribution in [-0.4, -0.2) is 31.6 Å². The van der Waals surface area contributed by atoms with Gasteiger partial charge in [0.1, 0.15) is 11.5 Å². The van der Waals surface area contributed by atoms with Crippen LogP contribution in [0.1, 0.15) is 12.8 Å². The summed E-state index contributed by atoms with van der Waals surface area (Å²) in [4.78, 5) is 36.2. The third-order valence-electron chi connectivity index (χ3n) is 4.03. The summed E-state index contributed by atoms with van der Waals surface area (Å²) < 4.78 is 2.15. The summed E-state index contributed by atoms with van der Waals surface area (Å²) >= 11 is 1.35. The third-order valence-corrected chi connectivity index (χ3v) is 4.88. The molecule has 138 valence electrons. The van der Waals surface area contributed by atoms with E-state index in [9.17, 15) is 14.4 Å². The molecule has 0 saturated heterocycles. The van der Waals surface area contributed by atoms with Crippen molar-refractivity contribution < 1.29 is 9.59 Å². The number of hydrogen-bond donors (Lipinski definition) is 2. The Morgan fingerprint density at radius 1 is 1.07 bits per heavy atom. The Morgan fingerprint density at radius 2 is 1.78 bits per heavy atom. The van der Waals surface area contributed by atoms with Crippen molar-refractivity contribution in [3.63, 3.8) is 0 Å². The Bertz CT molecular complexity index is 1020. The maximum Gasteiger partial charge on any atom is 0.369 e. The van der Waals surface area contributed by atoms with Gasteiger partial charge in [-0.2, -0.15) is 9.36 Å². The Labute approximate surface area is 157 Å². The fraction of sp³-hybridized carbons (Fsp3) is 0.235. The van der Waals surface area contributed by atoms with E-state index in [4.69, 9.17) is 0 Å². The van der Waals surface area contributed by atoms with Gasteiger partial charge in [-0.3, -0.25) is 9.59 Å². The molecule has 0 aliphatic heterocycles. The smallest absolute Gasteiger partial charge is 0.326 e. The van der Waals surface area contributed by atoms with Crippen LogP contribution in [0.3, 0.4) is 0 Å². The highest BCUT2D eigenvalue weighted by Gasteiger charge is 2.29. The molecule has 0 radical (unpaired) electrons. The molecule has 0 bridgehead atoms. The molecule has 2 N–H and O–H groups in total. The average molecular weight is 384 g/mol. The van der Waals surface area contributed by atoms with E-state index in [-0.39, 0.29) is 18.4 Å². The second-order valence-corrected chi connectivity index (χ2v) is 7.10. The van der Waals surface area contributed by atoms with Gasteiger partial charge in [0.2, 0.25) is 11.8 Å². The van der Waals surface area contributed by atoms with Gasteiger partial charge in [0.25, 0.3) is 0 Å². The van der Waals surface area contributed by atoms with Crippen LogP contribution in [0.25, 0.3) is 5.00 Å². The predicted octanol–water partition coefficient (Wildman–Crippen LogP) is 1.48. The van der Waals surface area contributed by atoms with Gasteiger partial charge in [0.15, 0.2) is 0 Å². The zero-order valence-electron chi connectivity index (χ0n) is 14.2. The van der Waals surface area contributed by atoms with Crippen molar-refractivity contribution in [1.82, 2.24) is 19.8 Å². The fourth-order valence-corrected chi connectivity index (χ4v) is 3.13. The number of benzene rings is 1. The van der Waals surface area contributed by atoms with E-state index in [1.54, 1.807) is 36.4 Å². The largest absolute Gasteiger partial charge is 0.369 e. The molecule has 27 heavy (non-hydrogen) atoms. The van der Waals surface area contributed by atoms with Crippen LogP contribution in [0.2, 0.25) is 0 Å². The molecule has 4 rings (SSSR count). The number of nitrogens with one attached hydrogen (secondary N) is 2. The summed E-state index contributed by atoms with van der Waals surface area (Å²) in [7, 11) is 0. The maximum atomic E-state index is 12.3. The van der Waals surface area contributed by atoms with Gasteiger partial charge in [-0.15, -0.1) is 11.3 Å². The second-order valence-electron chi connectivity index (χ2n) is 6.17. The minimum atomic E-state index is -0.481. The van der Waals surface area contributed by atoms with Gasteiger partial charge in [-0.25, -0.2) is 4.79 Å². The lowest BCUT2D eigenvalue weighted by atomic mass is 10.2. The van der Waals surface area contributed by atoms with E-state index < -0.39 is 11.6 Å². The molecule has 0 spiro atoms. The van der Waals surface area contributed by atoms with Crippen LogP contribution >= 0.6 is 11.3 Å². The van der Waals surface area contributed by atoms with Gasteiger partial charge < -0.3 is 10.6 Å². The molecule has 2 aromatic heterocycles. The van der Waals surface area contributed by atoms with Crippen LogP contribution < -0.4 is 16.3 Å². The number of carbonyl (C=O) groups excluding carboxylic acids is 2. The second kappa shape index (κ2) is 7.16. The van der Waals surface area contributed by atoms with E-state index in [1.165, 1.54) is 11.3 Å². The lowest BCUT2D eigenvalue weighted by molar-refractivity contribution is -0.118. The van der Waals surface area contributed by atoms with Crippen LogP contribution in [-0.2, 0) is 16.1 Å². The number of carbonyl (C=O) groups is 2. The minimum Gasteiger partial charge on any atom is -0.326 e. The molecule has 1 fully saturated rings. The Morgan fingerprint density at radius 3 is 2.41 bits per heavy atom. The fourth-order valence-electron chi connectivity index (χ4n) is 2.47. The van der Waals surface area contributed by atoms with Crippen molar-refractivity contribution in [2.24, 2.45) is 5.92 Å². The zero-order valence-corrected chi connectivity index (χ0v) is 15.0. The standard InChI is InChI=1S/C17H16N6O3S/c24-14(10-22-17(26)23(21-20-22)15-2-1-9-27-15)18-12-5-7-13(8-6-12)19-16(25)11-3-4-11/h1-2,5-9,11H,3-4,10H2,(H,18,24)(H,19,25). The number of tetrazole rings is 1. The predicted molar refractivity (Wildman–Crippen MR) is 99.9 cm³/mol. The highest BCUT2D eigenvalue weighted by Crippen LogP contribution is 2.30. The molecule has 3 aromatic rings. The first-order valence-electron chi connectivity index (χ1n) is 8.37. The van der Waals surface area contributed by atoms with Crippen molar-refractivity contribution >= 4 is 34.5 Å². The lowest BCUT2D eigenvalue weighted by Gasteiger charge is -2.07. The first-order chi connectivity index (χ1) is 13.1. The zero-order chi connectivity index (χ0) is 18.8. The first-order valence-corrected chi connectivity index (χ1v) is 9.25. The van der Waals surface area contributed by atoms with Crippen molar-refractivity contribution in [1.29, 1.82) is 0 Å².